The molecule has 0 saturated carbocycles. The number of hydrogen-bond donors (Lipinski definition) is 1. The molecule has 0 aliphatic carbocycles. The lowest BCUT2D eigenvalue weighted by Crippen LogP contribution is -2.35. The van der Waals surface area contributed by atoms with Crippen LogP contribution in [0.25, 0.3) is 11.6 Å². The van der Waals surface area contributed by atoms with Crippen LogP contribution in [-0.2, 0) is 19.5 Å². The molecule has 3 aromatic rings. The van der Waals surface area contributed by atoms with E-state index in [1.165, 1.54) is 6.20 Å². The van der Waals surface area contributed by atoms with Gasteiger partial charge in [0.05, 0.1) is 17.5 Å². The molecule has 6 nitrogen and oxygen atoms in total. The van der Waals surface area contributed by atoms with E-state index in [9.17, 15) is 9.18 Å². The van der Waals surface area contributed by atoms with Crippen LogP contribution in [0.4, 0.5) is 4.39 Å². The molecule has 0 aromatic carbocycles. The third kappa shape index (κ3) is 2.98. The summed E-state index contributed by atoms with van der Waals surface area (Å²) in [4.78, 5) is 25.5. The fraction of sp³-hybridized carbons (Fsp3) is 0.278. The van der Waals surface area contributed by atoms with E-state index in [1.54, 1.807) is 24.5 Å². The Labute approximate surface area is 143 Å². The van der Waals surface area contributed by atoms with Gasteiger partial charge in [-0.25, -0.2) is 9.97 Å². The van der Waals surface area contributed by atoms with Gasteiger partial charge in [0.2, 0.25) is 5.95 Å². The molecular formula is C18H17FN4O2. The van der Waals surface area contributed by atoms with Crippen LogP contribution in [-0.4, -0.2) is 26.4 Å². The summed E-state index contributed by atoms with van der Waals surface area (Å²) in [6.07, 6.45) is 3.64. The van der Waals surface area contributed by atoms with Crippen LogP contribution in [0.2, 0.25) is 0 Å². The van der Waals surface area contributed by atoms with E-state index in [4.69, 9.17) is 4.42 Å². The zero-order chi connectivity index (χ0) is 17.4. The van der Waals surface area contributed by atoms with Crippen LogP contribution < -0.4 is 5.56 Å². The lowest BCUT2D eigenvalue weighted by molar-refractivity contribution is 0.237. The minimum Gasteiger partial charge on any atom is -0.461 e. The molecule has 0 fully saturated rings. The van der Waals surface area contributed by atoms with Gasteiger partial charge in [0, 0.05) is 37.8 Å². The van der Waals surface area contributed by atoms with Crippen molar-refractivity contribution in [2.75, 3.05) is 6.54 Å². The molecular weight excluding hydrogens is 323 g/mol. The van der Waals surface area contributed by atoms with E-state index >= 15 is 0 Å². The first-order chi connectivity index (χ1) is 12.1. The summed E-state index contributed by atoms with van der Waals surface area (Å²) in [5, 5.41) is 0. The molecule has 0 amide bonds. The summed E-state index contributed by atoms with van der Waals surface area (Å²) in [7, 11) is 0. The second-order valence-corrected chi connectivity index (χ2v) is 6.17. The lowest BCUT2D eigenvalue weighted by atomic mass is 10.0. The van der Waals surface area contributed by atoms with E-state index in [0.717, 1.165) is 11.3 Å². The number of hydrogen-bond acceptors (Lipinski definition) is 5. The number of aromatic nitrogens is 3. The normalized spacial score (nSPS) is 14.5. The summed E-state index contributed by atoms with van der Waals surface area (Å²) in [5.74, 6) is 0.526. The van der Waals surface area contributed by atoms with Crippen LogP contribution >= 0.6 is 0 Å². The summed E-state index contributed by atoms with van der Waals surface area (Å²) in [5.41, 5.74) is 2.66. The average molecular weight is 340 g/mol. The number of pyridine rings is 1. The SMILES string of the molecule is Cc1ccnc(F)c1CN1CCc2nc(-c3ccco3)[nH]c(=O)c2C1. The molecule has 3 aromatic heterocycles. The van der Waals surface area contributed by atoms with Crippen LogP contribution in [0.5, 0.6) is 0 Å². The molecule has 128 valence electrons. The maximum atomic E-state index is 14.0. The highest BCUT2D eigenvalue weighted by atomic mass is 19.1. The summed E-state index contributed by atoms with van der Waals surface area (Å²) in [6, 6.07) is 5.30. The molecule has 0 saturated heterocycles. The van der Waals surface area contributed by atoms with Gasteiger partial charge in [-0.05, 0) is 30.7 Å². The molecule has 4 rings (SSSR count). The highest BCUT2D eigenvalue weighted by Crippen LogP contribution is 2.21. The number of halogens is 1. The Kier molecular flexibility index (Phi) is 3.93. The molecule has 4 heterocycles. The molecule has 0 radical (unpaired) electrons. The Morgan fingerprint density at radius 2 is 2.28 bits per heavy atom. The largest absolute Gasteiger partial charge is 0.461 e. The number of rotatable bonds is 3. The first-order valence-electron chi connectivity index (χ1n) is 8.10. The fourth-order valence-corrected chi connectivity index (χ4v) is 3.12. The quantitative estimate of drug-likeness (QED) is 0.741. The lowest BCUT2D eigenvalue weighted by Gasteiger charge is -2.28. The van der Waals surface area contributed by atoms with Crippen molar-refractivity contribution < 1.29 is 8.81 Å². The van der Waals surface area contributed by atoms with Crippen molar-refractivity contribution in [2.24, 2.45) is 0 Å². The first-order valence-corrected chi connectivity index (χ1v) is 8.10. The van der Waals surface area contributed by atoms with Gasteiger partial charge in [0.15, 0.2) is 11.6 Å². The Bertz CT molecular complexity index is 945. The molecule has 1 N–H and O–H groups in total. The maximum Gasteiger partial charge on any atom is 0.256 e. The highest BCUT2D eigenvalue weighted by molar-refractivity contribution is 5.47. The minimum absolute atomic E-state index is 0.176. The van der Waals surface area contributed by atoms with E-state index in [-0.39, 0.29) is 5.56 Å². The minimum atomic E-state index is -0.453. The van der Waals surface area contributed by atoms with E-state index in [0.29, 0.717) is 48.8 Å². The van der Waals surface area contributed by atoms with Crippen LogP contribution in [0.1, 0.15) is 22.4 Å². The third-order valence-corrected chi connectivity index (χ3v) is 4.52. The van der Waals surface area contributed by atoms with Gasteiger partial charge in [-0.2, -0.15) is 4.39 Å². The van der Waals surface area contributed by atoms with E-state index in [2.05, 4.69) is 15.0 Å². The predicted octanol–water partition coefficient (Wildman–Crippen LogP) is 2.43. The monoisotopic (exact) mass is 340 g/mol. The van der Waals surface area contributed by atoms with E-state index in [1.807, 2.05) is 11.8 Å². The summed E-state index contributed by atoms with van der Waals surface area (Å²) < 4.78 is 19.3. The summed E-state index contributed by atoms with van der Waals surface area (Å²) in [6.45, 7) is 3.42. The van der Waals surface area contributed by atoms with Crippen LogP contribution in [0, 0.1) is 12.9 Å². The van der Waals surface area contributed by atoms with Crippen molar-refractivity contribution in [2.45, 2.75) is 26.4 Å². The maximum absolute atomic E-state index is 14.0. The average Bonchev–Trinajstić information content (AvgIpc) is 3.13. The van der Waals surface area contributed by atoms with Crippen molar-refractivity contribution in [3.05, 3.63) is 69.3 Å². The smallest absolute Gasteiger partial charge is 0.256 e. The van der Waals surface area contributed by atoms with Crippen molar-refractivity contribution >= 4 is 0 Å². The number of aryl methyl sites for hydroxylation is 1. The molecule has 1 aliphatic heterocycles. The predicted molar refractivity (Wildman–Crippen MR) is 89.3 cm³/mol. The zero-order valence-electron chi connectivity index (χ0n) is 13.8. The number of aromatic amines is 1. The van der Waals surface area contributed by atoms with Gasteiger partial charge in [0.25, 0.3) is 5.56 Å². The topological polar surface area (TPSA) is 75.0 Å². The Morgan fingerprint density at radius 1 is 1.40 bits per heavy atom. The van der Waals surface area contributed by atoms with Gasteiger partial charge in [0.1, 0.15) is 0 Å². The van der Waals surface area contributed by atoms with Crippen LogP contribution in [0.15, 0.2) is 39.9 Å². The Hall–Kier alpha value is -2.80. The summed E-state index contributed by atoms with van der Waals surface area (Å²) >= 11 is 0. The number of H-pyrrole nitrogens is 1. The van der Waals surface area contributed by atoms with Crippen LogP contribution in [0.3, 0.4) is 0 Å². The van der Waals surface area contributed by atoms with Gasteiger partial charge >= 0.3 is 0 Å². The van der Waals surface area contributed by atoms with Crippen molar-refractivity contribution in [1.82, 2.24) is 19.9 Å². The molecule has 0 bridgehead atoms. The Balaban J connectivity index is 1.61. The van der Waals surface area contributed by atoms with Gasteiger partial charge in [-0.1, -0.05) is 0 Å². The molecule has 1 aliphatic rings. The molecule has 7 heteroatoms. The molecule has 25 heavy (non-hydrogen) atoms. The number of furan rings is 1. The molecule has 0 spiro atoms. The van der Waals surface area contributed by atoms with Crippen molar-refractivity contribution in [3.8, 4) is 11.6 Å². The first kappa shape index (κ1) is 15.7. The fourth-order valence-electron chi connectivity index (χ4n) is 3.12. The number of fused-ring (bicyclic) bond motifs is 1. The standard InChI is InChI=1S/C18H17FN4O2/c1-11-4-6-20-16(19)12(11)9-23-7-5-14-13(10-23)18(24)22-17(21-14)15-3-2-8-25-15/h2-4,6,8H,5,7,9-10H2,1H3,(H,21,22,24). The second kappa shape index (κ2) is 6.25. The van der Waals surface area contributed by atoms with E-state index < -0.39 is 5.95 Å². The zero-order valence-corrected chi connectivity index (χ0v) is 13.8. The van der Waals surface area contributed by atoms with Gasteiger partial charge in [-0.3, -0.25) is 9.69 Å². The Morgan fingerprint density at radius 3 is 3.04 bits per heavy atom. The highest BCUT2D eigenvalue weighted by Gasteiger charge is 2.23. The van der Waals surface area contributed by atoms with Crippen molar-refractivity contribution in [1.29, 1.82) is 0 Å². The number of nitrogens with one attached hydrogen (secondary N) is 1. The third-order valence-electron chi connectivity index (χ3n) is 4.52. The van der Waals surface area contributed by atoms with Crippen molar-refractivity contribution in [3.63, 3.8) is 0 Å². The molecule has 0 unspecified atom stereocenters. The van der Waals surface area contributed by atoms with Gasteiger partial charge in [-0.15, -0.1) is 0 Å². The molecule has 0 atom stereocenters. The number of nitrogens with zero attached hydrogens (tertiary/aromatic N) is 3. The second-order valence-electron chi connectivity index (χ2n) is 6.17. The van der Waals surface area contributed by atoms with Gasteiger partial charge < -0.3 is 9.40 Å².